The molecule has 6 nitrogen and oxygen atoms in total. The number of hydrogen-bond acceptors (Lipinski definition) is 5. The second-order valence-corrected chi connectivity index (χ2v) is 1.49. The average Bonchev–Trinajstić information content (AvgIpc) is 1.82. The minimum Gasteiger partial charge on any atom is -0.276 e. The first-order valence-electron chi connectivity index (χ1n) is 1.72. The fourth-order valence-electron chi connectivity index (χ4n) is 0.140. The zero-order chi connectivity index (χ0) is 7.28. The Morgan fingerprint density at radius 2 is 1.67 bits per heavy atom. The van der Waals surface area contributed by atoms with Gasteiger partial charge in [0.05, 0.1) is 0 Å². The van der Waals surface area contributed by atoms with Crippen molar-refractivity contribution in [2.24, 2.45) is 0 Å². The van der Waals surface area contributed by atoms with Crippen LogP contribution in [0.5, 0.6) is 0 Å². The van der Waals surface area contributed by atoms with E-state index in [0.29, 0.717) is 0 Å². The van der Waals surface area contributed by atoms with Gasteiger partial charge in [-0.15, -0.1) is 9.35 Å². The fourth-order valence-corrected chi connectivity index (χ4v) is 0.371. The molecule has 7 heteroatoms. The molecule has 52 valence electrons. The number of nitrogens with zero attached hydrogens (tertiary/aromatic N) is 1. The van der Waals surface area contributed by atoms with Crippen molar-refractivity contribution in [2.75, 3.05) is 0 Å². The molecule has 0 unspecified atom stereocenters. The Kier molecular flexibility index (Phi) is 3.56. The van der Waals surface area contributed by atoms with Gasteiger partial charge in [-0.3, -0.25) is 9.59 Å². The number of carbonyl (C=O) groups is 2. The third-order valence-corrected chi connectivity index (χ3v) is 0.691. The highest BCUT2D eigenvalue weighted by atomic mass is 32.2. The highest BCUT2D eigenvalue weighted by Gasteiger charge is 1.97. The molecular weight excluding hydrogens is 150 g/mol. The third kappa shape index (κ3) is 3.62. The first kappa shape index (κ1) is 8.05. The van der Waals surface area contributed by atoms with Crippen LogP contribution in [-0.2, 0) is 24.9 Å². The van der Waals surface area contributed by atoms with E-state index in [1.807, 2.05) is 0 Å². The molecule has 0 aliphatic rings. The van der Waals surface area contributed by atoms with E-state index in [4.69, 9.17) is 0 Å². The van der Waals surface area contributed by atoms with Crippen LogP contribution in [0.1, 0.15) is 0 Å². The maximum absolute atomic E-state index is 9.58. The summed E-state index contributed by atoms with van der Waals surface area (Å²) in [4.78, 5) is 19.1. The van der Waals surface area contributed by atoms with Gasteiger partial charge in [-0.25, -0.2) is 8.42 Å². The first-order valence-corrected chi connectivity index (χ1v) is 2.81. The number of carbonyl (C=O) groups excluding carboxylic acids is 2. The van der Waals surface area contributed by atoms with Gasteiger partial charge in [-0.05, 0) is 0 Å². The van der Waals surface area contributed by atoms with Crippen molar-refractivity contribution in [3.8, 4) is 0 Å². The minimum absolute atomic E-state index is 0.00823. The van der Waals surface area contributed by atoms with Gasteiger partial charge in [-0.1, -0.05) is 0 Å². The smallest absolute Gasteiger partial charge is 0.276 e. The lowest BCUT2D eigenvalue weighted by molar-refractivity contribution is -0.152. The molecule has 0 atom stereocenters. The van der Waals surface area contributed by atoms with E-state index in [1.165, 1.54) is 0 Å². The van der Waals surface area contributed by atoms with Crippen LogP contribution in [0.15, 0.2) is 0 Å². The average molecular weight is 153 g/mol. The summed E-state index contributed by atoms with van der Waals surface area (Å²) < 4.78 is 22.8. The zero-order valence-electron chi connectivity index (χ0n) is 4.09. The Hall–Kier alpha value is -0.950. The van der Waals surface area contributed by atoms with Crippen molar-refractivity contribution >= 4 is 23.8 Å². The Morgan fingerprint density at radius 1 is 1.22 bits per heavy atom. The van der Waals surface area contributed by atoms with Gasteiger partial charge in [0.15, 0.2) is 0 Å². The Balaban J connectivity index is 3.83. The van der Waals surface area contributed by atoms with E-state index < -0.39 is 11.0 Å². The van der Waals surface area contributed by atoms with Crippen molar-refractivity contribution in [3.05, 3.63) is 0 Å². The van der Waals surface area contributed by atoms with Gasteiger partial charge in [-0.2, -0.15) is 0 Å². The number of amides is 2. The van der Waals surface area contributed by atoms with Gasteiger partial charge in [0.25, 0.3) is 11.0 Å². The molecule has 0 aromatic heterocycles. The highest BCUT2D eigenvalue weighted by molar-refractivity contribution is 7.67. The summed E-state index contributed by atoms with van der Waals surface area (Å²) in [6.07, 6.45) is -0.143. The van der Waals surface area contributed by atoms with Gasteiger partial charge < -0.3 is 0 Å². The van der Waals surface area contributed by atoms with Crippen LogP contribution in [0.4, 0.5) is 0 Å². The first-order chi connectivity index (χ1) is 4.20. The lowest BCUT2D eigenvalue weighted by atomic mass is 11.2. The molecule has 2 amide bonds. The molecule has 0 N–H and O–H groups in total. The van der Waals surface area contributed by atoms with Crippen molar-refractivity contribution in [1.82, 2.24) is 5.06 Å². The van der Waals surface area contributed by atoms with Crippen molar-refractivity contribution in [1.29, 1.82) is 0 Å². The van der Waals surface area contributed by atoms with Crippen LogP contribution in [0.3, 0.4) is 0 Å². The Morgan fingerprint density at radius 3 is 1.78 bits per heavy atom. The van der Waals surface area contributed by atoms with E-state index in [1.54, 1.807) is 0 Å². The van der Waals surface area contributed by atoms with Crippen molar-refractivity contribution in [3.63, 3.8) is 0 Å². The SMILES string of the molecule is O=CN(C=O)O[SH](=O)=O. The van der Waals surface area contributed by atoms with Gasteiger partial charge in [0.1, 0.15) is 0 Å². The molecule has 9 heavy (non-hydrogen) atoms. The normalized spacial score (nSPS) is 9.00. The number of imide groups is 1. The molecule has 0 saturated heterocycles. The monoisotopic (exact) mass is 153 g/mol. The van der Waals surface area contributed by atoms with Crippen LogP contribution in [-0.4, -0.2) is 26.3 Å². The quantitative estimate of drug-likeness (QED) is 0.288. The molecule has 0 saturated carbocycles. The summed E-state index contributed by atoms with van der Waals surface area (Å²) in [5, 5.41) is -0.00823. The van der Waals surface area contributed by atoms with Crippen LogP contribution >= 0.6 is 0 Å². The summed E-state index contributed by atoms with van der Waals surface area (Å²) in [7, 11) is -3.19. The van der Waals surface area contributed by atoms with Crippen LogP contribution in [0, 0.1) is 0 Å². The lowest BCUT2D eigenvalue weighted by Crippen LogP contribution is -2.18. The molecule has 0 aromatic carbocycles. The van der Waals surface area contributed by atoms with Gasteiger partial charge in [0.2, 0.25) is 12.8 Å². The number of rotatable bonds is 4. The molecular formula is C2H3NO5S. The molecule has 0 rings (SSSR count). The number of hydroxylamine groups is 2. The van der Waals surface area contributed by atoms with Crippen LogP contribution in [0.2, 0.25) is 0 Å². The Bertz CT molecular complexity index is 158. The minimum atomic E-state index is -3.19. The summed E-state index contributed by atoms with van der Waals surface area (Å²) in [5.74, 6) is 0. The highest BCUT2D eigenvalue weighted by Crippen LogP contribution is 1.76. The summed E-state index contributed by atoms with van der Waals surface area (Å²) in [5.41, 5.74) is 0. The number of thiol groups is 1. The van der Waals surface area contributed by atoms with Gasteiger partial charge >= 0.3 is 0 Å². The largest absolute Gasteiger partial charge is 0.278 e. The molecule has 0 aliphatic heterocycles. The molecule has 0 aromatic rings. The summed E-state index contributed by atoms with van der Waals surface area (Å²) in [6, 6.07) is 0. The molecule has 0 radical (unpaired) electrons. The van der Waals surface area contributed by atoms with Crippen LogP contribution < -0.4 is 0 Å². The fraction of sp³-hybridized carbons (Fsp3) is 0. The Labute approximate surface area is 52.1 Å². The van der Waals surface area contributed by atoms with Crippen molar-refractivity contribution in [2.45, 2.75) is 0 Å². The molecule has 0 heterocycles. The molecule has 0 aliphatic carbocycles. The van der Waals surface area contributed by atoms with Crippen molar-refractivity contribution < 1.29 is 22.3 Å². The number of hydrogen-bond donors (Lipinski definition) is 1. The zero-order valence-corrected chi connectivity index (χ0v) is 4.98. The predicted octanol–water partition coefficient (Wildman–Crippen LogP) is -1.94. The van der Waals surface area contributed by atoms with E-state index in [9.17, 15) is 18.0 Å². The maximum Gasteiger partial charge on any atom is 0.278 e. The van der Waals surface area contributed by atoms with Crippen LogP contribution in [0.25, 0.3) is 0 Å². The van der Waals surface area contributed by atoms with E-state index in [2.05, 4.69) is 4.28 Å². The molecule has 0 bridgehead atoms. The topological polar surface area (TPSA) is 80.8 Å². The summed E-state index contributed by atoms with van der Waals surface area (Å²) in [6.45, 7) is 0. The standard InChI is InChI=1S/C2H3NO5S/c4-1-3(2-5)8-9(6)7/h1-2,9H. The summed E-state index contributed by atoms with van der Waals surface area (Å²) >= 11 is 0. The molecule has 0 fully saturated rings. The second-order valence-electron chi connectivity index (χ2n) is 0.876. The lowest BCUT2D eigenvalue weighted by Gasteiger charge is -1.98. The van der Waals surface area contributed by atoms with E-state index >= 15 is 0 Å². The predicted molar refractivity (Wildman–Crippen MR) is 25.4 cm³/mol. The maximum atomic E-state index is 9.58. The van der Waals surface area contributed by atoms with E-state index in [0.717, 1.165) is 0 Å². The van der Waals surface area contributed by atoms with Gasteiger partial charge in [0, 0.05) is 0 Å². The second kappa shape index (κ2) is 3.98. The van der Waals surface area contributed by atoms with E-state index in [-0.39, 0.29) is 17.9 Å². The third-order valence-electron chi connectivity index (χ3n) is 0.369. The molecule has 0 spiro atoms.